The monoisotopic (exact) mass is 702 g/mol. The summed E-state index contributed by atoms with van der Waals surface area (Å²) in [5.41, 5.74) is 13.7. The molecule has 0 unspecified atom stereocenters. The second-order valence-electron chi connectivity index (χ2n) is 15.4. The molecule has 55 heavy (non-hydrogen) atoms. The van der Waals surface area contributed by atoms with Crippen molar-refractivity contribution in [2.45, 2.75) is 19.3 Å². The Morgan fingerprint density at radius 3 is 1.91 bits per heavy atom. The van der Waals surface area contributed by atoms with Crippen molar-refractivity contribution < 1.29 is 0 Å². The molecular weight excluding hydrogens is 669 g/mol. The molecule has 0 fully saturated rings. The van der Waals surface area contributed by atoms with Crippen LogP contribution in [0.1, 0.15) is 25.0 Å². The standard InChI is InChI=1S/C51H34N4/c1-51(2)40-21-9-5-18-36(40)47-39(20-13-22-41(47)51)49-37-19-6-10-23-42(37)52-50(53-49)55-45-29-26-31-14-3-4-15-33(31)48(45)38-28-27-32(30-46(38)55)54-43-24-11-7-16-34(43)35-17-8-12-25-44(35)54/h3-30H,1-2H3. The van der Waals surface area contributed by atoms with Crippen molar-refractivity contribution in [3.8, 4) is 34.0 Å². The third kappa shape index (κ3) is 4.11. The van der Waals surface area contributed by atoms with Gasteiger partial charge in [-0.15, -0.1) is 0 Å². The highest BCUT2D eigenvalue weighted by atomic mass is 15.2. The topological polar surface area (TPSA) is 35.6 Å². The molecular formula is C51H34N4. The van der Waals surface area contributed by atoms with Crippen molar-refractivity contribution in [3.05, 3.63) is 181 Å². The summed E-state index contributed by atoms with van der Waals surface area (Å²) in [7, 11) is 0. The number of hydrogen-bond acceptors (Lipinski definition) is 2. The van der Waals surface area contributed by atoms with Crippen molar-refractivity contribution in [3.63, 3.8) is 0 Å². The van der Waals surface area contributed by atoms with Gasteiger partial charge >= 0.3 is 0 Å². The Labute approximate surface area is 317 Å². The van der Waals surface area contributed by atoms with Gasteiger partial charge in [0.25, 0.3) is 0 Å². The molecule has 0 radical (unpaired) electrons. The Morgan fingerprint density at radius 2 is 1.09 bits per heavy atom. The highest BCUT2D eigenvalue weighted by Crippen LogP contribution is 2.52. The molecule has 0 amide bonds. The van der Waals surface area contributed by atoms with Crippen molar-refractivity contribution >= 4 is 65.3 Å². The fourth-order valence-corrected chi connectivity index (χ4v) is 9.65. The van der Waals surface area contributed by atoms with Gasteiger partial charge < -0.3 is 4.57 Å². The molecule has 4 heteroatoms. The van der Waals surface area contributed by atoms with E-state index in [2.05, 4.69) is 193 Å². The molecule has 0 N–H and O–H groups in total. The van der Waals surface area contributed by atoms with Gasteiger partial charge in [-0.3, -0.25) is 4.57 Å². The maximum Gasteiger partial charge on any atom is 0.235 e. The largest absolute Gasteiger partial charge is 0.309 e. The molecule has 1 aliphatic rings. The van der Waals surface area contributed by atoms with E-state index >= 15 is 0 Å². The van der Waals surface area contributed by atoms with Crippen molar-refractivity contribution in [1.82, 2.24) is 19.1 Å². The van der Waals surface area contributed by atoms with Crippen LogP contribution in [0.25, 0.3) is 99.3 Å². The van der Waals surface area contributed by atoms with Gasteiger partial charge in [-0.05, 0) is 69.4 Å². The van der Waals surface area contributed by atoms with Gasteiger partial charge in [-0.1, -0.05) is 147 Å². The molecule has 12 rings (SSSR count). The molecule has 0 saturated carbocycles. The number of aromatic nitrogens is 4. The van der Waals surface area contributed by atoms with Gasteiger partial charge in [0.15, 0.2) is 0 Å². The van der Waals surface area contributed by atoms with Crippen LogP contribution in [-0.4, -0.2) is 19.1 Å². The summed E-state index contributed by atoms with van der Waals surface area (Å²) in [5.74, 6) is 0.659. The first-order chi connectivity index (χ1) is 27.1. The Bertz CT molecular complexity index is 3360. The lowest BCUT2D eigenvalue weighted by atomic mass is 9.82. The molecule has 258 valence electrons. The average Bonchev–Trinajstić information content (AvgIpc) is 3.83. The van der Waals surface area contributed by atoms with Crippen LogP contribution in [0.5, 0.6) is 0 Å². The maximum atomic E-state index is 5.63. The summed E-state index contributed by atoms with van der Waals surface area (Å²) in [6, 6.07) is 61.5. The normalized spacial score (nSPS) is 13.4. The summed E-state index contributed by atoms with van der Waals surface area (Å²) in [5, 5.41) is 8.33. The zero-order chi connectivity index (χ0) is 36.4. The van der Waals surface area contributed by atoms with Gasteiger partial charge in [0.1, 0.15) is 0 Å². The fraction of sp³-hybridized carbons (Fsp3) is 0.0588. The average molecular weight is 703 g/mol. The zero-order valence-electron chi connectivity index (χ0n) is 30.5. The van der Waals surface area contributed by atoms with Crippen molar-refractivity contribution in [1.29, 1.82) is 0 Å². The third-order valence-corrected chi connectivity index (χ3v) is 12.1. The van der Waals surface area contributed by atoms with E-state index in [9.17, 15) is 0 Å². The van der Waals surface area contributed by atoms with Crippen LogP contribution in [0.4, 0.5) is 0 Å². The molecule has 0 bridgehead atoms. The minimum Gasteiger partial charge on any atom is -0.309 e. The van der Waals surface area contributed by atoms with Crippen LogP contribution >= 0.6 is 0 Å². The highest BCUT2D eigenvalue weighted by Gasteiger charge is 2.37. The Morgan fingerprint density at radius 1 is 0.436 bits per heavy atom. The van der Waals surface area contributed by atoms with Crippen molar-refractivity contribution in [2.24, 2.45) is 0 Å². The Kier molecular flexibility index (Phi) is 6.09. The lowest BCUT2D eigenvalue weighted by Gasteiger charge is -2.21. The first-order valence-electron chi connectivity index (χ1n) is 19.0. The summed E-state index contributed by atoms with van der Waals surface area (Å²) in [4.78, 5) is 11.0. The quantitative estimate of drug-likeness (QED) is 0.184. The van der Waals surface area contributed by atoms with Crippen LogP contribution in [0.3, 0.4) is 0 Å². The van der Waals surface area contributed by atoms with E-state index in [4.69, 9.17) is 9.97 Å². The van der Waals surface area contributed by atoms with Crippen LogP contribution in [0.2, 0.25) is 0 Å². The molecule has 3 heterocycles. The number of benzene rings is 8. The van der Waals surface area contributed by atoms with Gasteiger partial charge in [0.2, 0.25) is 5.95 Å². The smallest absolute Gasteiger partial charge is 0.235 e. The molecule has 8 aromatic carbocycles. The number of rotatable bonds is 3. The minimum atomic E-state index is -0.120. The molecule has 0 aliphatic heterocycles. The summed E-state index contributed by atoms with van der Waals surface area (Å²) in [6.45, 7) is 4.67. The van der Waals surface area contributed by atoms with E-state index in [1.807, 2.05) is 0 Å². The molecule has 4 nitrogen and oxygen atoms in total. The molecule has 0 atom stereocenters. The lowest BCUT2D eigenvalue weighted by Crippen LogP contribution is -2.14. The van der Waals surface area contributed by atoms with Gasteiger partial charge in [-0.25, -0.2) is 9.97 Å². The fourth-order valence-electron chi connectivity index (χ4n) is 9.65. The summed E-state index contributed by atoms with van der Waals surface area (Å²) >= 11 is 0. The molecule has 3 aromatic heterocycles. The summed E-state index contributed by atoms with van der Waals surface area (Å²) < 4.78 is 4.69. The van der Waals surface area contributed by atoms with Gasteiger partial charge in [0.05, 0.1) is 33.3 Å². The minimum absolute atomic E-state index is 0.120. The SMILES string of the molecule is CC1(C)c2ccccc2-c2c(-c3nc(-n4c5cc(-n6c7ccccc7c7ccccc76)ccc5c5c6ccccc6ccc54)nc4ccccc34)cccc21. The molecule has 1 aliphatic carbocycles. The van der Waals surface area contributed by atoms with E-state index in [0.29, 0.717) is 5.95 Å². The third-order valence-electron chi connectivity index (χ3n) is 12.1. The predicted molar refractivity (Wildman–Crippen MR) is 229 cm³/mol. The van der Waals surface area contributed by atoms with Crippen LogP contribution in [0, 0.1) is 0 Å². The number of fused-ring (bicyclic) bond motifs is 12. The first kappa shape index (κ1) is 30.4. The van der Waals surface area contributed by atoms with Gasteiger partial charge in [-0.2, -0.15) is 0 Å². The second kappa shape index (κ2) is 11.0. The van der Waals surface area contributed by atoms with E-state index in [0.717, 1.165) is 38.9 Å². The van der Waals surface area contributed by atoms with Crippen LogP contribution in [-0.2, 0) is 5.41 Å². The summed E-state index contributed by atoms with van der Waals surface area (Å²) in [6.07, 6.45) is 0. The molecule has 0 saturated heterocycles. The first-order valence-corrected chi connectivity index (χ1v) is 19.0. The van der Waals surface area contributed by atoms with E-state index in [1.165, 1.54) is 65.6 Å². The molecule has 0 spiro atoms. The maximum absolute atomic E-state index is 5.63. The van der Waals surface area contributed by atoms with E-state index < -0.39 is 0 Å². The second-order valence-corrected chi connectivity index (χ2v) is 15.4. The number of hydrogen-bond donors (Lipinski definition) is 0. The van der Waals surface area contributed by atoms with Crippen LogP contribution < -0.4 is 0 Å². The highest BCUT2D eigenvalue weighted by molar-refractivity contribution is 6.21. The van der Waals surface area contributed by atoms with Gasteiger partial charge in [0, 0.05) is 43.6 Å². The van der Waals surface area contributed by atoms with E-state index in [-0.39, 0.29) is 5.41 Å². The zero-order valence-corrected chi connectivity index (χ0v) is 30.5. The van der Waals surface area contributed by atoms with E-state index in [1.54, 1.807) is 0 Å². The Balaban J connectivity index is 1.20. The number of nitrogens with zero attached hydrogens (tertiary/aromatic N) is 4. The molecule has 11 aromatic rings. The Hall–Kier alpha value is -7.04. The van der Waals surface area contributed by atoms with Crippen molar-refractivity contribution in [2.75, 3.05) is 0 Å². The van der Waals surface area contributed by atoms with Crippen LogP contribution in [0.15, 0.2) is 170 Å². The number of para-hydroxylation sites is 3. The lowest BCUT2D eigenvalue weighted by molar-refractivity contribution is 0.660. The predicted octanol–water partition coefficient (Wildman–Crippen LogP) is 13.0.